The number of carbonyl (C=O) groups is 1. The van der Waals surface area contributed by atoms with E-state index in [1.165, 1.54) is 0 Å². The first-order valence-electron chi connectivity index (χ1n) is 6.76. The Morgan fingerprint density at radius 3 is 2.67 bits per heavy atom. The average Bonchev–Trinajstić information content (AvgIpc) is 2.48. The van der Waals surface area contributed by atoms with Gasteiger partial charge in [0, 0.05) is 30.5 Å². The van der Waals surface area contributed by atoms with Gasteiger partial charge in [-0.15, -0.1) is 0 Å². The molecule has 5 heteroatoms. The van der Waals surface area contributed by atoms with E-state index in [2.05, 4.69) is 21.2 Å². The Morgan fingerprint density at radius 2 is 2.10 bits per heavy atom. The summed E-state index contributed by atoms with van der Waals surface area (Å²) in [4.78, 5) is 12.2. The van der Waals surface area contributed by atoms with Crippen LogP contribution >= 0.6 is 15.9 Å². The second-order valence-corrected chi connectivity index (χ2v) is 5.53. The van der Waals surface area contributed by atoms with Gasteiger partial charge in [0.2, 0.25) is 0 Å². The predicted octanol–water partition coefficient (Wildman–Crippen LogP) is 2.72. The molecule has 0 aliphatic rings. The van der Waals surface area contributed by atoms with Crippen molar-refractivity contribution in [2.24, 2.45) is 0 Å². The number of hydrogen-bond acceptors (Lipinski definition) is 4. The highest BCUT2D eigenvalue weighted by molar-refractivity contribution is 9.10. The highest BCUT2D eigenvalue weighted by Crippen LogP contribution is 2.17. The Hall–Kier alpha value is -1.17. The zero-order valence-electron chi connectivity index (χ0n) is 12.7. The molecule has 116 valence electrons. The fraction of sp³-hybridized carbons (Fsp3) is 0.438. The molecule has 1 aromatic rings. The summed E-state index contributed by atoms with van der Waals surface area (Å²) in [5.41, 5.74) is 1.00. The van der Waals surface area contributed by atoms with Crippen LogP contribution in [-0.4, -0.2) is 39.7 Å². The van der Waals surface area contributed by atoms with E-state index in [-0.39, 0.29) is 11.8 Å². The normalized spacial score (nSPS) is 13.0. The third-order valence-corrected chi connectivity index (χ3v) is 3.87. The maximum atomic E-state index is 12.2. The Bertz CT molecular complexity index is 488. The molecular formula is C16H22BrNO3. The van der Waals surface area contributed by atoms with E-state index < -0.39 is 0 Å². The summed E-state index contributed by atoms with van der Waals surface area (Å²) in [7, 11) is 5.03. The van der Waals surface area contributed by atoms with Crippen LogP contribution in [0.15, 0.2) is 40.6 Å². The van der Waals surface area contributed by atoms with Gasteiger partial charge in [-0.2, -0.15) is 0 Å². The van der Waals surface area contributed by atoms with Crippen LogP contribution in [0.4, 0.5) is 0 Å². The van der Waals surface area contributed by atoms with E-state index in [1.54, 1.807) is 14.2 Å². The molecule has 0 aromatic heterocycles. The molecule has 0 spiro atoms. The van der Waals surface area contributed by atoms with Gasteiger partial charge in [0.05, 0.1) is 7.11 Å². The molecule has 0 heterocycles. The van der Waals surface area contributed by atoms with Crippen LogP contribution in [0.2, 0.25) is 0 Å². The van der Waals surface area contributed by atoms with E-state index in [9.17, 15) is 4.79 Å². The number of ketones is 1. The van der Waals surface area contributed by atoms with Gasteiger partial charge in [0.15, 0.2) is 0 Å². The Balaban J connectivity index is 2.64. The fourth-order valence-electron chi connectivity index (χ4n) is 1.96. The molecule has 1 N–H and O–H groups in total. The number of ether oxygens (including phenoxy) is 2. The Morgan fingerprint density at radius 1 is 1.38 bits per heavy atom. The lowest BCUT2D eigenvalue weighted by atomic mass is 10.0. The second-order valence-electron chi connectivity index (χ2n) is 4.68. The Labute approximate surface area is 134 Å². The number of benzene rings is 1. The SMILES string of the molecule is CNC(C=C(COC)OC)CC(=O)Cc1ccccc1Br. The lowest BCUT2D eigenvalue weighted by Gasteiger charge is -2.14. The van der Waals surface area contributed by atoms with Crippen molar-refractivity contribution in [3.8, 4) is 0 Å². The number of nitrogens with one attached hydrogen (secondary N) is 1. The maximum absolute atomic E-state index is 12.2. The van der Waals surface area contributed by atoms with Crippen molar-refractivity contribution in [1.29, 1.82) is 0 Å². The van der Waals surface area contributed by atoms with Crippen LogP contribution in [0.3, 0.4) is 0 Å². The first kappa shape index (κ1) is 17.9. The second kappa shape index (κ2) is 9.71. The van der Waals surface area contributed by atoms with Crippen LogP contribution < -0.4 is 5.32 Å². The van der Waals surface area contributed by atoms with E-state index >= 15 is 0 Å². The van der Waals surface area contributed by atoms with E-state index in [4.69, 9.17) is 9.47 Å². The molecule has 0 bridgehead atoms. The molecular weight excluding hydrogens is 334 g/mol. The van der Waals surface area contributed by atoms with Gasteiger partial charge in [-0.25, -0.2) is 0 Å². The van der Waals surface area contributed by atoms with Crippen molar-refractivity contribution in [2.75, 3.05) is 27.9 Å². The lowest BCUT2D eigenvalue weighted by Crippen LogP contribution is -2.27. The van der Waals surface area contributed by atoms with Gasteiger partial charge in [-0.1, -0.05) is 34.1 Å². The summed E-state index contributed by atoms with van der Waals surface area (Å²) in [5.74, 6) is 0.885. The molecule has 0 aliphatic heterocycles. The summed E-state index contributed by atoms with van der Waals surface area (Å²) in [6.45, 7) is 0.396. The van der Waals surface area contributed by atoms with E-state index in [1.807, 2.05) is 37.4 Å². The van der Waals surface area contributed by atoms with Gasteiger partial charge in [0.25, 0.3) is 0 Å². The highest BCUT2D eigenvalue weighted by Gasteiger charge is 2.13. The first-order chi connectivity index (χ1) is 10.1. The number of halogens is 1. The quantitative estimate of drug-likeness (QED) is 0.692. The van der Waals surface area contributed by atoms with Crippen molar-refractivity contribution in [1.82, 2.24) is 5.32 Å². The van der Waals surface area contributed by atoms with Crippen LogP contribution in [-0.2, 0) is 20.7 Å². The molecule has 0 saturated carbocycles. The number of likely N-dealkylation sites (N-methyl/N-ethyl adjacent to an activating group) is 1. The van der Waals surface area contributed by atoms with Gasteiger partial charge in [-0.05, 0) is 24.8 Å². The van der Waals surface area contributed by atoms with Crippen molar-refractivity contribution >= 4 is 21.7 Å². The smallest absolute Gasteiger partial charge is 0.139 e. The summed E-state index contributed by atoms with van der Waals surface area (Å²) < 4.78 is 11.2. The lowest BCUT2D eigenvalue weighted by molar-refractivity contribution is -0.118. The average molecular weight is 356 g/mol. The van der Waals surface area contributed by atoms with Gasteiger partial charge >= 0.3 is 0 Å². The first-order valence-corrected chi connectivity index (χ1v) is 7.56. The standard InChI is InChI=1S/C16H22BrNO3/c1-18-13(10-15(21-3)11-20-2)9-14(19)8-12-6-4-5-7-16(12)17/h4-7,10,13,18H,8-9,11H2,1-3H3. The molecule has 1 unspecified atom stereocenters. The molecule has 1 atom stereocenters. The van der Waals surface area contributed by atoms with E-state index in [0.717, 1.165) is 10.0 Å². The third-order valence-electron chi connectivity index (χ3n) is 3.10. The zero-order valence-corrected chi connectivity index (χ0v) is 14.3. The van der Waals surface area contributed by atoms with Gasteiger partial charge < -0.3 is 14.8 Å². The van der Waals surface area contributed by atoms with Crippen LogP contribution in [0.1, 0.15) is 12.0 Å². The number of hydrogen-bond donors (Lipinski definition) is 1. The molecule has 0 aliphatic carbocycles. The van der Waals surface area contributed by atoms with Crippen molar-refractivity contribution < 1.29 is 14.3 Å². The summed E-state index contributed by atoms with van der Waals surface area (Å²) in [6, 6.07) is 7.71. The van der Waals surface area contributed by atoms with Crippen molar-refractivity contribution in [2.45, 2.75) is 18.9 Å². The van der Waals surface area contributed by atoms with Gasteiger partial charge in [-0.3, -0.25) is 4.79 Å². The molecule has 1 rings (SSSR count). The zero-order chi connectivity index (χ0) is 15.7. The summed E-state index contributed by atoms with van der Waals surface area (Å²) in [5, 5.41) is 3.11. The van der Waals surface area contributed by atoms with Crippen molar-refractivity contribution in [3.05, 3.63) is 46.1 Å². The molecule has 0 saturated heterocycles. The molecule has 0 amide bonds. The molecule has 0 radical (unpaired) electrons. The Kier molecular flexibility index (Phi) is 8.27. The van der Waals surface area contributed by atoms with Gasteiger partial charge in [0.1, 0.15) is 18.1 Å². The maximum Gasteiger partial charge on any atom is 0.139 e. The molecule has 4 nitrogen and oxygen atoms in total. The number of rotatable bonds is 9. The largest absolute Gasteiger partial charge is 0.499 e. The summed E-state index contributed by atoms with van der Waals surface area (Å²) in [6.07, 6.45) is 2.72. The summed E-state index contributed by atoms with van der Waals surface area (Å²) >= 11 is 3.46. The topological polar surface area (TPSA) is 47.6 Å². The fourth-order valence-corrected chi connectivity index (χ4v) is 2.38. The molecule has 1 aromatic carbocycles. The van der Waals surface area contributed by atoms with Crippen LogP contribution in [0, 0.1) is 0 Å². The number of carbonyl (C=O) groups excluding carboxylic acids is 1. The minimum atomic E-state index is -0.0647. The molecule has 21 heavy (non-hydrogen) atoms. The number of Topliss-reactive ketones (excluding diaryl/α,β-unsaturated/α-hetero) is 1. The predicted molar refractivity (Wildman–Crippen MR) is 87.3 cm³/mol. The van der Waals surface area contributed by atoms with Crippen molar-refractivity contribution in [3.63, 3.8) is 0 Å². The van der Waals surface area contributed by atoms with E-state index in [0.29, 0.717) is 25.2 Å². The minimum Gasteiger partial charge on any atom is -0.499 e. The van der Waals surface area contributed by atoms with Crippen LogP contribution in [0.5, 0.6) is 0 Å². The highest BCUT2D eigenvalue weighted by atomic mass is 79.9. The molecule has 0 fully saturated rings. The number of methoxy groups -OCH3 is 2. The van der Waals surface area contributed by atoms with Crippen LogP contribution in [0.25, 0.3) is 0 Å². The monoisotopic (exact) mass is 355 g/mol. The third kappa shape index (κ3) is 6.42. The minimum absolute atomic E-state index is 0.0647.